The average molecular weight is 711 g/mol. The molecule has 0 unspecified atom stereocenters. The minimum atomic E-state index is 0.595. The van der Waals surface area contributed by atoms with Crippen molar-refractivity contribution in [1.82, 2.24) is 15.0 Å². The fraction of sp³-hybridized carbons (Fsp3) is 0. The van der Waals surface area contributed by atoms with E-state index in [-0.39, 0.29) is 0 Å². The van der Waals surface area contributed by atoms with Crippen LogP contribution in [0.1, 0.15) is 0 Å². The van der Waals surface area contributed by atoms with Crippen LogP contribution in [0, 0.1) is 0 Å². The lowest BCUT2D eigenvalue weighted by atomic mass is 9.89. The van der Waals surface area contributed by atoms with Crippen molar-refractivity contribution >= 4 is 102 Å². The molecule has 1 aliphatic rings. The van der Waals surface area contributed by atoms with Gasteiger partial charge in [0.15, 0.2) is 11.6 Å². The Labute approximate surface area is 311 Å². The highest BCUT2D eigenvalue weighted by molar-refractivity contribution is 7.26. The van der Waals surface area contributed by atoms with Crippen LogP contribution >= 0.6 is 22.7 Å². The number of nitrogens with zero attached hydrogens (tertiary/aromatic N) is 4. The average Bonchev–Trinajstić information content (AvgIpc) is 3.80. The van der Waals surface area contributed by atoms with E-state index >= 15 is 0 Å². The van der Waals surface area contributed by atoms with Crippen molar-refractivity contribution in [3.05, 3.63) is 158 Å². The summed E-state index contributed by atoms with van der Waals surface area (Å²) in [6.07, 6.45) is 0. The fourth-order valence-corrected chi connectivity index (χ4v) is 10.7. The third-order valence-corrected chi connectivity index (χ3v) is 12.9. The zero-order chi connectivity index (χ0) is 34.6. The van der Waals surface area contributed by atoms with Crippen molar-refractivity contribution in [2.24, 2.45) is 0 Å². The normalized spacial score (nSPS) is 12.5. The van der Waals surface area contributed by atoms with Gasteiger partial charge in [0.1, 0.15) is 0 Å². The van der Waals surface area contributed by atoms with Crippen LogP contribution < -0.4 is 4.90 Å². The van der Waals surface area contributed by atoms with E-state index in [1.807, 2.05) is 22.7 Å². The Morgan fingerprint density at radius 1 is 0.358 bits per heavy atom. The largest absolute Gasteiger partial charge is 0.277 e. The van der Waals surface area contributed by atoms with Gasteiger partial charge in [0.05, 0.1) is 11.4 Å². The van der Waals surface area contributed by atoms with Crippen LogP contribution in [-0.2, 0) is 0 Å². The molecule has 4 heterocycles. The third kappa shape index (κ3) is 4.19. The Bertz CT molecular complexity index is 3180. The summed E-state index contributed by atoms with van der Waals surface area (Å²) < 4.78 is 4.93. The summed E-state index contributed by atoms with van der Waals surface area (Å²) in [5.41, 5.74) is 6.52. The van der Waals surface area contributed by atoms with Gasteiger partial charge in [0, 0.05) is 67.8 Å². The molecule has 246 valence electrons. The molecule has 0 aliphatic carbocycles. The molecule has 0 saturated carbocycles. The van der Waals surface area contributed by atoms with E-state index in [0.717, 1.165) is 33.5 Å². The zero-order valence-electron chi connectivity index (χ0n) is 28.1. The van der Waals surface area contributed by atoms with E-state index in [4.69, 9.17) is 15.0 Å². The first-order chi connectivity index (χ1) is 26.3. The first-order valence-corrected chi connectivity index (χ1v) is 19.3. The van der Waals surface area contributed by atoms with Crippen LogP contribution in [0.5, 0.6) is 0 Å². The molecule has 11 aromatic rings. The topological polar surface area (TPSA) is 41.9 Å². The highest BCUT2D eigenvalue weighted by Crippen LogP contribution is 2.53. The molecule has 0 N–H and O–H groups in total. The second-order valence-corrected chi connectivity index (χ2v) is 15.7. The summed E-state index contributed by atoms with van der Waals surface area (Å²) in [5, 5.41) is 9.47. The monoisotopic (exact) mass is 710 g/mol. The molecule has 4 nitrogen and oxygen atoms in total. The van der Waals surface area contributed by atoms with Gasteiger partial charge in [-0.1, -0.05) is 127 Å². The maximum absolute atomic E-state index is 5.50. The molecule has 0 fully saturated rings. The molecule has 0 saturated heterocycles. The molecular formula is C47H26N4S2. The Morgan fingerprint density at radius 3 is 1.57 bits per heavy atom. The van der Waals surface area contributed by atoms with E-state index in [0.29, 0.717) is 17.6 Å². The van der Waals surface area contributed by atoms with Crippen LogP contribution in [0.3, 0.4) is 0 Å². The number of benzene rings is 8. The number of fused-ring (bicyclic) bond motifs is 10. The van der Waals surface area contributed by atoms with Crippen LogP contribution in [0.15, 0.2) is 158 Å². The van der Waals surface area contributed by atoms with Crippen LogP contribution in [0.2, 0.25) is 0 Å². The number of aromatic nitrogens is 3. The van der Waals surface area contributed by atoms with Gasteiger partial charge in [-0.3, -0.25) is 4.90 Å². The Balaban J connectivity index is 1.23. The molecule has 0 spiro atoms. The van der Waals surface area contributed by atoms with E-state index in [2.05, 4.69) is 163 Å². The lowest BCUT2D eigenvalue weighted by molar-refractivity contribution is 1.03. The van der Waals surface area contributed by atoms with Crippen LogP contribution in [0.4, 0.5) is 17.3 Å². The van der Waals surface area contributed by atoms with Crippen LogP contribution in [0.25, 0.3) is 95.8 Å². The molecule has 0 amide bonds. The molecular weight excluding hydrogens is 685 g/mol. The summed E-state index contributed by atoms with van der Waals surface area (Å²) in [6, 6.07) is 56.5. The quantitative estimate of drug-likeness (QED) is 0.183. The molecule has 0 bridgehead atoms. The summed E-state index contributed by atoms with van der Waals surface area (Å²) in [4.78, 5) is 18.7. The summed E-state index contributed by atoms with van der Waals surface area (Å²) in [7, 11) is 0. The Kier molecular flexibility index (Phi) is 6.06. The standard InChI is InChI=1S/C47H26N4S2/c1-2-14-29-27(11-1)25-26-31-30-17-7-12-28-13-8-20-36(41(28)30)51(44(29)31)47-49-45(34-18-9-23-39-42(34)32-15-3-5-21-37(32)52-39)48-46(50-47)35-19-10-24-40-43(35)33-16-4-6-22-38(33)53-40/h1-26H. The minimum Gasteiger partial charge on any atom is -0.277 e. The van der Waals surface area contributed by atoms with Crippen LogP contribution in [-0.4, -0.2) is 15.0 Å². The Hall–Kier alpha value is -6.47. The zero-order valence-corrected chi connectivity index (χ0v) is 29.7. The first-order valence-electron chi connectivity index (χ1n) is 17.7. The van der Waals surface area contributed by atoms with Crippen molar-refractivity contribution < 1.29 is 0 Å². The van der Waals surface area contributed by atoms with Gasteiger partial charge in [0.25, 0.3) is 0 Å². The Morgan fingerprint density at radius 2 is 0.887 bits per heavy atom. The number of rotatable bonds is 3. The summed E-state index contributed by atoms with van der Waals surface area (Å²) in [5.74, 6) is 1.91. The predicted octanol–water partition coefficient (Wildman–Crippen LogP) is 13.7. The van der Waals surface area contributed by atoms with Crippen molar-refractivity contribution in [2.45, 2.75) is 0 Å². The molecule has 1 aliphatic heterocycles. The fourth-order valence-electron chi connectivity index (χ4n) is 8.40. The molecule has 53 heavy (non-hydrogen) atoms. The van der Waals surface area contributed by atoms with Gasteiger partial charge in [-0.05, 0) is 46.7 Å². The highest BCUT2D eigenvalue weighted by atomic mass is 32.1. The van der Waals surface area contributed by atoms with E-state index in [1.165, 1.54) is 62.1 Å². The van der Waals surface area contributed by atoms with Crippen molar-refractivity contribution in [2.75, 3.05) is 4.90 Å². The number of hydrogen-bond acceptors (Lipinski definition) is 6. The maximum Gasteiger partial charge on any atom is 0.238 e. The highest BCUT2D eigenvalue weighted by Gasteiger charge is 2.31. The lowest BCUT2D eigenvalue weighted by Crippen LogP contribution is -2.19. The lowest BCUT2D eigenvalue weighted by Gasteiger charge is -2.33. The van der Waals surface area contributed by atoms with E-state index in [9.17, 15) is 0 Å². The molecule has 3 aromatic heterocycles. The minimum absolute atomic E-state index is 0.595. The van der Waals surface area contributed by atoms with E-state index in [1.54, 1.807) is 0 Å². The number of hydrogen-bond donors (Lipinski definition) is 0. The van der Waals surface area contributed by atoms with Gasteiger partial charge in [-0.15, -0.1) is 22.7 Å². The third-order valence-electron chi connectivity index (χ3n) is 10.6. The van der Waals surface area contributed by atoms with Crippen molar-refractivity contribution in [3.63, 3.8) is 0 Å². The smallest absolute Gasteiger partial charge is 0.238 e. The first kappa shape index (κ1) is 29.1. The molecule has 12 rings (SSSR count). The number of anilines is 3. The SMILES string of the molecule is c1ccc2c3c(ccc2c1)-c1cccc2cccc(c12)N3c1nc(-c2cccc3sc4ccccc4c23)nc(-c2cccc3sc4ccccc4c23)n1. The molecule has 6 heteroatoms. The maximum atomic E-state index is 5.50. The van der Waals surface area contributed by atoms with Crippen molar-refractivity contribution in [1.29, 1.82) is 0 Å². The summed E-state index contributed by atoms with van der Waals surface area (Å²) in [6.45, 7) is 0. The second-order valence-electron chi connectivity index (χ2n) is 13.5. The predicted molar refractivity (Wildman–Crippen MR) is 225 cm³/mol. The molecule has 0 radical (unpaired) electrons. The van der Waals surface area contributed by atoms with Gasteiger partial charge >= 0.3 is 0 Å². The second kappa shape index (κ2) is 11.0. The van der Waals surface area contributed by atoms with Gasteiger partial charge in [-0.2, -0.15) is 9.97 Å². The van der Waals surface area contributed by atoms with Crippen molar-refractivity contribution in [3.8, 4) is 33.9 Å². The molecule has 0 atom stereocenters. The van der Waals surface area contributed by atoms with Gasteiger partial charge in [0.2, 0.25) is 5.95 Å². The molecule has 8 aromatic carbocycles. The van der Waals surface area contributed by atoms with Gasteiger partial charge < -0.3 is 0 Å². The number of thiophene rings is 2. The van der Waals surface area contributed by atoms with E-state index < -0.39 is 0 Å². The summed E-state index contributed by atoms with van der Waals surface area (Å²) >= 11 is 3.62. The van der Waals surface area contributed by atoms with Gasteiger partial charge in [-0.25, -0.2) is 4.98 Å².